The van der Waals surface area contributed by atoms with Crippen LogP contribution in [0.15, 0.2) is 145 Å². The van der Waals surface area contributed by atoms with Gasteiger partial charge in [0.05, 0.1) is 55.5 Å². The minimum Gasteiger partial charge on any atom is -0.311 e. The molecule has 12 aromatic rings. The lowest BCUT2D eigenvalue weighted by Gasteiger charge is -2.45. The monoisotopic (exact) mass is 1260 g/mol. The summed E-state index contributed by atoms with van der Waals surface area (Å²) in [5.41, 5.74) is -15.0. The van der Waals surface area contributed by atoms with Crippen molar-refractivity contribution in [2.75, 3.05) is 9.80 Å². The Hall–Kier alpha value is -7.52. The summed E-state index contributed by atoms with van der Waals surface area (Å²) in [6.45, 7) is 29.0. The number of halogens is 2. The van der Waals surface area contributed by atoms with E-state index in [4.69, 9.17) is 0 Å². The molecule has 2 aliphatic carbocycles. The third kappa shape index (κ3) is 8.45. The van der Waals surface area contributed by atoms with Crippen LogP contribution in [0, 0.1) is 11.6 Å². The third-order valence-corrected chi connectivity index (χ3v) is 21.2. The second kappa shape index (κ2) is 18.8. The molecule has 8 heteroatoms. The summed E-state index contributed by atoms with van der Waals surface area (Å²) < 4.78 is 289. The van der Waals surface area contributed by atoms with Crippen molar-refractivity contribution in [3.63, 3.8) is 0 Å². The van der Waals surface area contributed by atoms with Gasteiger partial charge in [0.25, 0.3) is 6.71 Å². The minimum atomic E-state index is -2.05. The molecule has 0 bridgehead atoms. The van der Waals surface area contributed by atoms with Gasteiger partial charge < -0.3 is 14.4 Å². The average molecular weight is 1260 g/mol. The number of benzene rings is 9. The summed E-state index contributed by atoms with van der Waals surface area (Å²) in [5, 5.41) is -0.765. The largest absolute Gasteiger partial charge is 0.311 e. The van der Waals surface area contributed by atoms with Crippen LogP contribution in [0.3, 0.4) is 0 Å². The number of aromatic nitrogens is 1. The lowest BCUT2D eigenvalue weighted by molar-refractivity contribution is 0.332. The molecule has 3 aromatic heterocycles. The van der Waals surface area contributed by atoms with Gasteiger partial charge in [0.2, 0.25) is 0 Å². The SMILES string of the molecule is [2H]c1c([2H])c([2H])c2c(c1[2H])-c1c(c3c([2H])c(C(C)(C)C)c([2H])c([2H])c3n1-c1c([2H])c3c4c(c1[2H])N(c1c([2H])c([2H])c(C(C)(C)C)c([2H])c1[2H])c1c(c([2H])c([2H])c5sc6c([2H])c(C(C)(C)C)c([2H])c([2H])c6c15)B4c1c(c([2H])c4c(sc5c([2H])c6c(c([2H])c54)C(C)(C)CCC6(C)C)c1[2H])N3c1c(F)c([2H])c(C(C)(C)C)c([2H])c1F)C2(C)C. The second-order valence-electron chi connectivity index (χ2n) is 31.1. The molecule has 91 heavy (non-hydrogen) atoms. The smallest absolute Gasteiger partial charge is 0.252 e. The van der Waals surface area contributed by atoms with E-state index in [0.29, 0.717) is 24.0 Å². The zero-order valence-corrected chi connectivity index (χ0v) is 56.0. The highest BCUT2D eigenvalue weighted by atomic mass is 32.1. The first-order chi connectivity index (χ1) is 52.8. The highest BCUT2D eigenvalue weighted by molar-refractivity contribution is 7.26. The van der Waals surface area contributed by atoms with Gasteiger partial charge in [0.15, 0.2) is 11.6 Å². The lowest BCUT2D eigenvalue weighted by Crippen LogP contribution is -2.61. The highest BCUT2D eigenvalue weighted by Crippen LogP contribution is 2.58. The van der Waals surface area contributed by atoms with E-state index in [9.17, 15) is 32.9 Å². The van der Waals surface area contributed by atoms with E-state index in [2.05, 4.69) is 0 Å². The molecule has 4 aliphatic rings. The van der Waals surface area contributed by atoms with Gasteiger partial charge >= 0.3 is 0 Å². The second-order valence-corrected chi connectivity index (χ2v) is 33.2. The van der Waals surface area contributed by atoms with Crippen molar-refractivity contribution in [3.05, 3.63) is 201 Å². The molecule has 0 radical (unpaired) electrons. The summed E-state index contributed by atoms with van der Waals surface area (Å²) >= 11 is 1.68. The van der Waals surface area contributed by atoms with Crippen molar-refractivity contribution in [3.8, 4) is 16.9 Å². The van der Waals surface area contributed by atoms with Gasteiger partial charge in [0.1, 0.15) is 5.69 Å². The van der Waals surface area contributed by atoms with E-state index in [1.807, 2.05) is 27.7 Å². The fourth-order valence-electron chi connectivity index (χ4n) is 14.0. The molecule has 16 rings (SSSR count). The first-order valence-corrected chi connectivity index (χ1v) is 32.7. The molecule has 0 saturated heterocycles. The number of fused-ring (bicyclic) bond motifs is 17. The normalized spacial score (nSPS) is 20.2. The molecule has 0 atom stereocenters. The number of anilines is 6. The molecule has 0 N–H and O–H groups in total. The predicted octanol–water partition coefficient (Wildman–Crippen LogP) is 22.6. The van der Waals surface area contributed by atoms with Gasteiger partial charge in [-0.05, 0) is 191 Å². The van der Waals surface area contributed by atoms with Crippen molar-refractivity contribution in [2.24, 2.45) is 0 Å². The van der Waals surface area contributed by atoms with Crippen molar-refractivity contribution in [1.82, 2.24) is 4.57 Å². The highest BCUT2D eigenvalue weighted by Gasteiger charge is 2.48. The molecule has 0 unspecified atom stereocenters. The van der Waals surface area contributed by atoms with Gasteiger partial charge in [-0.3, -0.25) is 0 Å². The topological polar surface area (TPSA) is 11.4 Å². The Morgan fingerprint density at radius 2 is 1.01 bits per heavy atom. The van der Waals surface area contributed by atoms with Gasteiger partial charge in [-0.2, -0.15) is 0 Å². The number of thiophene rings is 2. The van der Waals surface area contributed by atoms with Crippen LogP contribution in [0.25, 0.3) is 68.2 Å². The average Bonchev–Trinajstić information content (AvgIpc) is 1.51. The Morgan fingerprint density at radius 1 is 0.451 bits per heavy atom. The van der Waals surface area contributed by atoms with Gasteiger partial charge in [-0.1, -0.05) is 185 Å². The fourth-order valence-corrected chi connectivity index (χ4v) is 16.0. The van der Waals surface area contributed by atoms with E-state index in [0.717, 1.165) is 37.0 Å². The molecule has 9 aromatic carbocycles. The van der Waals surface area contributed by atoms with E-state index in [1.54, 1.807) is 76.2 Å². The summed E-state index contributed by atoms with van der Waals surface area (Å²) in [4.78, 5) is 1.81. The molecule has 0 spiro atoms. The Morgan fingerprint density at radius 3 is 1.67 bits per heavy atom. The molecular formula is C83H82BF2N3S2. The van der Waals surface area contributed by atoms with E-state index < -0.39 is 244 Å². The molecule has 3 nitrogen and oxygen atoms in total. The fraction of sp³-hybridized carbons (Fsp3) is 0.325. The Labute approximate surface area is 578 Å². The van der Waals surface area contributed by atoms with Gasteiger partial charge in [-0.15, -0.1) is 22.7 Å². The van der Waals surface area contributed by atoms with Crippen LogP contribution in [-0.4, -0.2) is 11.3 Å². The van der Waals surface area contributed by atoms with Crippen molar-refractivity contribution in [2.45, 2.75) is 175 Å². The standard InChI is InChI=1S/C83H82BF2N3S2/c1-77(2,3)45-23-27-49(28-24-45)87-65-39-50(88-63-31-26-46(78(4,5)6)35-55(63)72-74(88)51-21-19-20-22-56(51)83(72,17)18)40-66-73(65)84(59-30-32-67-71(75(59)87)52-29-25-47(79(7,8)9)38-68(52)90-67)60-44-70-54(42-64(60)89(66)76-61(85)36-48(37-62(76)86)80(10,11)12)53-41-57-58(43-69(53)91-70)82(15,16)34-33-81(57,13)14/h19-32,35-44H,33-34H2,1-18H3/i19D,20D,21D,22D,23D,24D,25D,26D,27D,28D,29D,30D,31D,32D,35D,36D,37D,38D,39D,40D,41D,42D,43D,44D. The number of hydrogen-bond acceptors (Lipinski definition) is 4. The Balaban J connectivity index is 1.27. The van der Waals surface area contributed by atoms with E-state index in [-0.39, 0.29) is 109 Å². The van der Waals surface area contributed by atoms with E-state index >= 15 is 8.78 Å². The third-order valence-electron chi connectivity index (χ3n) is 19.2. The minimum absolute atomic E-state index is 0.00475. The van der Waals surface area contributed by atoms with Crippen LogP contribution < -0.4 is 26.2 Å². The van der Waals surface area contributed by atoms with Gasteiger partial charge in [-0.25, -0.2) is 8.78 Å². The molecule has 5 heterocycles. The maximum Gasteiger partial charge on any atom is 0.252 e. The maximum absolute atomic E-state index is 19.5. The van der Waals surface area contributed by atoms with Crippen molar-refractivity contribution in [1.29, 1.82) is 0 Å². The molecule has 458 valence electrons. The Bertz CT molecular complexity index is 6600. The first kappa shape index (κ1) is 37.9. The summed E-state index contributed by atoms with van der Waals surface area (Å²) in [7, 11) is 0. The Kier molecular flexibility index (Phi) is 7.84. The van der Waals surface area contributed by atoms with Crippen LogP contribution in [0.5, 0.6) is 0 Å². The predicted molar refractivity (Wildman–Crippen MR) is 391 cm³/mol. The zero-order valence-electron chi connectivity index (χ0n) is 78.4. The molecule has 0 amide bonds. The van der Waals surface area contributed by atoms with Crippen LogP contribution in [0.4, 0.5) is 42.9 Å². The van der Waals surface area contributed by atoms with Crippen molar-refractivity contribution >= 4 is 131 Å². The summed E-state index contributed by atoms with van der Waals surface area (Å²) in [6, 6.07) is -15.3. The number of hydrogen-bond donors (Lipinski definition) is 0. The lowest BCUT2D eigenvalue weighted by atomic mass is 9.33. The van der Waals surface area contributed by atoms with Crippen LogP contribution in [-0.2, 0) is 37.9 Å². The zero-order chi connectivity index (χ0) is 85.0. The summed E-state index contributed by atoms with van der Waals surface area (Å²) in [6.07, 6.45) is 1.14. The summed E-state index contributed by atoms with van der Waals surface area (Å²) in [5.74, 6) is -3.41. The quantitative estimate of drug-likeness (QED) is 0.163. The van der Waals surface area contributed by atoms with Crippen LogP contribution in [0.1, 0.15) is 215 Å². The van der Waals surface area contributed by atoms with E-state index in [1.165, 1.54) is 20.8 Å². The van der Waals surface area contributed by atoms with Crippen LogP contribution in [0.2, 0.25) is 0 Å². The number of rotatable bonds is 3. The maximum atomic E-state index is 19.5. The first-order valence-electron chi connectivity index (χ1n) is 43.0. The molecule has 0 fully saturated rings. The molecular weight excluding hydrogens is 1150 g/mol. The van der Waals surface area contributed by atoms with Crippen molar-refractivity contribution < 1.29 is 41.7 Å². The number of nitrogens with zero attached hydrogens (tertiary/aromatic N) is 3. The molecule has 0 saturated carbocycles. The molecule has 2 aliphatic heterocycles. The van der Waals surface area contributed by atoms with Gasteiger partial charge in [0, 0.05) is 79.5 Å². The van der Waals surface area contributed by atoms with Crippen LogP contribution >= 0.6 is 22.7 Å².